The number of hydrogen-bond acceptors (Lipinski definition) is 11. The summed E-state index contributed by atoms with van der Waals surface area (Å²) >= 11 is 4.44. The molecule has 0 bridgehead atoms. The number of aromatic nitrogens is 6. The molecule has 3 amide bonds. The Morgan fingerprint density at radius 2 is 1.00 bits per heavy atom. The van der Waals surface area contributed by atoms with Crippen molar-refractivity contribution in [3.63, 3.8) is 0 Å². The molecule has 3 aromatic rings. The Morgan fingerprint density at radius 3 is 1.32 bits per heavy atom. The Balaban J connectivity index is 0.000000212. The molecule has 4 fully saturated rings. The number of aromatic amines is 1. The van der Waals surface area contributed by atoms with Crippen LogP contribution in [0.5, 0.6) is 0 Å². The first-order valence-corrected chi connectivity index (χ1v) is 25.3. The number of likely N-dealkylation sites (tertiary alicyclic amines) is 3. The molecule has 0 radical (unpaired) electrons. The summed E-state index contributed by atoms with van der Waals surface area (Å²) in [6.07, 6.45) is 16.5. The maximum atomic E-state index is 12.2. The maximum absolute atomic E-state index is 12.2. The monoisotopic (exact) mass is 1150 g/mol. The Hall–Kier alpha value is -3.12. The zero-order valence-electron chi connectivity index (χ0n) is 41.9. The minimum absolute atomic E-state index is 0.163. The molecule has 4 aliphatic rings. The summed E-state index contributed by atoms with van der Waals surface area (Å²) in [5.41, 5.74) is -1.06. The molecule has 7 heterocycles. The fourth-order valence-electron chi connectivity index (χ4n) is 7.20. The van der Waals surface area contributed by atoms with Crippen LogP contribution in [-0.4, -0.2) is 137 Å². The van der Waals surface area contributed by atoms with Crippen molar-refractivity contribution in [2.24, 2.45) is 5.92 Å². The number of carbonyl (C=O) groups is 3. The van der Waals surface area contributed by atoms with Gasteiger partial charge in [-0.25, -0.2) is 14.4 Å². The van der Waals surface area contributed by atoms with Gasteiger partial charge in [0.2, 0.25) is 0 Å². The lowest BCUT2D eigenvalue weighted by Gasteiger charge is -2.33. The van der Waals surface area contributed by atoms with E-state index < -0.39 is 18.3 Å². The quantitative estimate of drug-likeness (QED) is 0.151. The van der Waals surface area contributed by atoms with E-state index in [0.717, 1.165) is 83.2 Å². The van der Waals surface area contributed by atoms with E-state index in [2.05, 4.69) is 72.5 Å². The van der Waals surface area contributed by atoms with Crippen molar-refractivity contribution in [3.8, 4) is 0 Å². The third kappa shape index (κ3) is 18.1. The molecule has 0 aromatic carbocycles. The van der Waals surface area contributed by atoms with Crippen molar-refractivity contribution >= 4 is 76.0 Å². The van der Waals surface area contributed by atoms with Crippen molar-refractivity contribution in [2.75, 3.05) is 39.3 Å². The third-order valence-corrected chi connectivity index (χ3v) is 12.7. The zero-order valence-corrected chi connectivity index (χ0v) is 46.2. The lowest BCUT2D eigenvalue weighted by Crippen LogP contribution is -2.42. The summed E-state index contributed by atoms with van der Waals surface area (Å²) in [4.78, 5) is 41.1. The topological polar surface area (TPSA) is 171 Å². The fraction of sp³-hybridized carbons (Fsp3) is 0.739. The highest BCUT2D eigenvalue weighted by Crippen LogP contribution is 2.36. The van der Waals surface area contributed by atoms with Crippen molar-refractivity contribution in [2.45, 2.75) is 176 Å². The standard InChI is InChI=1S/C19H32BN3O4.C13H20IN3O2.C11H21NO2.C3H3IN2/c1-17(2,3)25-16(24)22-10-8-15(9-11-22)23-13-14(12-21-23)20-26-18(4,5)19(6,7)27-20;1-13(2,3)19-12(18)16-6-4-11(5-7-16)17-9-10(14)8-15-17;1-9-5-7-12(8-6-9)10(13)14-11(2,3)4;4-3-1-5-6-2-3/h12-13,15H,8-11H2,1-7H3;8-9,11H,4-7H2,1-3H3;9H,5-8H2,1-4H3;1-2H,(H,5,6). The van der Waals surface area contributed by atoms with Crippen LogP contribution in [0.25, 0.3) is 0 Å². The number of amides is 3. The molecule has 3 aromatic heterocycles. The van der Waals surface area contributed by atoms with Crippen LogP contribution in [0.1, 0.15) is 148 Å². The largest absolute Gasteiger partial charge is 0.498 e. The van der Waals surface area contributed by atoms with Gasteiger partial charge >= 0.3 is 25.4 Å². The third-order valence-electron chi connectivity index (χ3n) is 11.6. The summed E-state index contributed by atoms with van der Waals surface area (Å²) in [7, 11) is -0.398. The number of nitrogens with one attached hydrogen (secondary N) is 1. The number of hydrogen-bond donors (Lipinski definition) is 1. The summed E-state index contributed by atoms with van der Waals surface area (Å²) in [5.74, 6) is 0.744. The van der Waals surface area contributed by atoms with E-state index in [9.17, 15) is 14.4 Å². The van der Waals surface area contributed by atoms with Gasteiger partial charge in [-0.1, -0.05) is 6.92 Å². The number of halogens is 2. The first-order valence-electron chi connectivity index (χ1n) is 23.2. The number of piperidine rings is 3. The Bertz CT molecular complexity index is 1950. The van der Waals surface area contributed by atoms with Crippen molar-refractivity contribution < 1.29 is 37.9 Å². The van der Waals surface area contributed by atoms with Crippen molar-refractivity contribution in [3.05, 3.63) is 44.3 Å². The molecule has 17 nitrogen and oxygen atoms in total. The van der Waals surface area contributed by atoms with E-state index in [0.29, 0.717) is 19.1 Å². The summed E-state index contributed by atoms with van der Waals surface area (Å²) in [6.45, 7) is 31.9. The molecule has 1 N–H and O–H groups in total. The molecule has 7 rings (SSSR count). The molecular weight excluding hydrogens is 1070 g/mol. The van der Waals surface area contributed by atoms with Crippen LogP contribution >= 0.6 is 45.2 Å². The Labute approximate surface area is 420 Å². The molecule has 0 aliphatic carbocycles. The molecule has 0 unspecified atom stereocenters. The SMILES string of the molecule is CC(C)(C)OC(=O)N1CCC(n2cc(B3OC(C)(C)C(C)(C)O3)cn2)CC1.CC(C)(C)OC(=O)N1CCC(n2cc(I)cn2)CC1.CC1CCN(C(=O)OC(C)(C)C)CC1.Ic1cn[nH]c1. The normalized spacial score (nSPS) is 19.4. The van der Waals surface area contributed by atoms with E-state index in [1.165, 1.54) is 0 Å². The van der Waals surface area contributed by atoms with Gasteiger partial charge in [-0.2, -0.15) is 15.3 Å². The minimum atomic E-state index is -0.465. The van der Waals surface area contributed by atoms with Crippen LogP contribution in [0.4, 0.5) is 14.4 Å². The van der Waals surface area contributed by atoms with E-state index in [-0.39, 0.29) is 41.1 Å². The number of ether oxygens (including phenoxy) is 3. The average Bonchev–Trinajstić information content (AvgIpc) is 4.02. The average molecular weight is 1150 g/mol. The smallest absolute Gasteiger partial charge is 0.444 e. The number of rotatable bonds is 3. The van der Waals surface area contributed by atoms with Crippen LogP contribution in [-0.2, 0) is 23.5 Å². The number of H-pyrrole nitrogens is 1. The van der Waals surface area contributed by atoms with Crippen molar-refractivity contribution in [1.82, 2.24) is 44.5 Å². The molecule has 66 heavy (non-hydrogen) atoms. The Kier molecular flexibility index (Phi) is 19.7. The van der Waals surface area contributed by atoms with E-state index >= 15 is 0 Å². The zero-order chi connectivity index (χ0) is 49.3. The van der Waals surface area contributed by atoms with Crippen LogP contribution in [0, 0.1) is 13.1 Å². The molecule has 0 atom stereocenters. The van der Waals surface area contributed by atoms with Crippen LogP contribution < -0.4 is 5.46 Å². The van der Waals surface area contributed by atoms with Crippen molar-refractivity contribution in [1.29, 1.82) is 0 Å². The molecule has 4 aliphatic heterocycles. The molecule has 370 valence electrons. The van der Waals surface area contributed by atoms with Gasteiger partial charge in [0, 0.05) is 69.5 Å². The summed E-state index contributed by atoms with van der Waals surface area (Å²) in [6, 6.07) is 0.655. The minimum Gasteiger partial charge on any atom is -0.444 e. The van der Waals surface area contributed by atoms with Gasteiger partial charge < -0.3 is 38.2 Å². The molecule has 0 saturated carbocycles. The van der Waals surface area contributed by atoms with E-state index in [1.54, 1.807) is 16.0 Å². The van der Waals surface area contributed by atoms with Crippen LogP contribution in [0.3, 0.4) is 0 Å². The van der Waals surface area contributed by atoms with Gasteiger partial charge in [-0.05, 0) is 180 Å². The predicted octanol–water partition coefficient (Wildman–Crippen LogP) is 9.48. The molecule has 20 heteroatoms. The highest BCUT2D eigenvalue weighted by molar-refractivity contribution is 14.1. The van der Waals surface area contributed by atoms with E-state index in [1.807, 2.05) is 135 Å². The van der Waals surface area contributed by atoms with Gasteiger partial charge in [0.05, 0.1) is 42.8 Å². The lowest BCUT2D eigenvalue weighted by molar-refractivity contribution is 0.00578. The predicted molar refractivity (Wildman–Crippen MR) is 273 cm³/mol. The number of nitrogens with zero attached hydrogens (tertiary/aromatic N) is 8. The Morgan fingerprint density at radius 1 is 0.621 bits per heavy atom. The summed E-state index contributed by atoms with van der Waals surface area (Å²) < 4.78 is 34.6. The lowest BCUT2D eigenvalue weighted by atomic mass is 9.82. The van der Waals surface area contributed by atoms with Crippen LogP contribution in [0.15, 0.2) is 37.2 Å². The van der Waals surface area contributed by atoms with Gasteiger partial charge in [-0.3, -0.25) is 14.5 Å². The molecule has 4 saturated heterocycles. The first kappa shape index (κ1) is 55.5. The van der Waals surface area contributed by atoms with Gasteiger partial charge in [0.25, 0.3) is 0 Å². The van der Waals surface area contributed by atoms with Gasteiger partial charge in [0.15, 0.2) is 0 Å². The molecular formula is C46H76BI2N9O8. The highest BCUT2D eigenvalue weighted by Gasteiger charge is 2.52. The maximum Gasteiger partial charge on any atom is 0.498 e. The second-order valence-corrected chi connectivity index (χ2v) is 23.9. The first-order chi connectivity index (χ1) is 30.5. The molecule has 0 spiro atoms. The fourth-order valence-corrected chi connectivity index (χ4v) is 7.89. The highest BCUT2D eigenvalue weighted by atomic mass is 127. The van der Waals surface area contributed by atoms with Gasteiger partial charge in [0.1, 0.15) is 16.8 Å². The second kappa shape index (κ2) is 23.5. The van der Waals surface area contributed by atoms with Gasteiger partial charge in [-0.15, -0.1) is 0 Å². The van der Waals surface area contributed by atoms with E-state index in [4.69, 9.17) is 23.5 Å². The second-order valence-electron chi connectivity index (χ2n) is 21.4. The number of carbonyl (C=O) groups excluding carboxylic acids is 3. The summed E-state index contributed by atoms with van der Waals surface area (Å²) in [5, 5.41) is 15.2. The van der Waals surface area contributed by atoms with Crippen LogP contribution in [0.2, 0.25) is 0 Å².